The lowest BCUT2D eigenvalue weighted by molar-refractivity contribution is 0.127. The highest BCUT2D eigenvalue weighted by Crippen LogP contribution is 2.29. The van der Waals surface area contributed by atoms with Gasteiger partial charge in [-0.1, -0.05) is 33.6 Å². The van der Waals surface area contributed by atoms with Gasteiger partial charge in [-0.3, -0.25) is 0 Å². The van der Waals surface area contributed by atoms with E-state index in [1.807, 2.05) is 26.1 Å². The average Bonchev–Trinajstić information content (AvgIpc) is 2.90. The molecule has 1 heterocycles. The van der Waals surface area contributed by atoms with E-state index in [9.17, 15) is 5.11 Å². The molecule has 0 amide bonds. The summed E-state index contributed by atoms with van der Waals surface area (Å²) in [6.45, 7) is 5.01. The van der Waals surface area contributed by atoms with Crippen LogP contribution in [-0.4, -0.2) is 42.8 Å². The minimum Gasteiger partial charge on any atom is -0.393 e. The van der Waals surface area contributed by atoms with Gasteiger partial charge in [-0.15, -0.1) is 0 Å². The SMILES string of the molecule is CNC(CCN1CCC(C(C)O)C1)c1ccc(Br)cc1Cl. The zero-order valence-electron chi connectivity index (χ0n) is 12.6. The maximum Gasteiger partial charge on any atom is 0.0552 e. The molecule has 1 aliphatic heterocycles. The van der Waals surface area contributed by atoms with E-state index < -0.39 is 0 Å². The summed E-state index contributed by atoms with van der Waals surface area (Å²) in [6, 6.07) is 6.32. The number of hydrogen-bond donors (Lipinski definition) is 2. The van der Waals surface area contributed by atoms with Crippen molar-refractivity contribution in [3.63, 3.8) is 0 Å². The van der Waals surface area contributed by atoms with Gasteiger partial charge in [0.2, 0.25) is 0 Å². The summed E-state index contributed by atoms with van der Waals surface area (Å²) in [5.41, 5.74) is 1.15. The van der Waals surface area contributed by atoms with Gasteiger partial charge in [0, 0.05) is 22.1 Å². The molecule has 0 aromatic heterocycles. The Morgan fingerprint density at radius 3 is 2.86 bits per heavy atom. The Kier molecular flexibility index (Phi) is 6.51. The van der Waals surface area contributed by atoms with Gasteiger partial charge < -0.3 is 15.3 Å². The van der Waals surface area contributed by atoms with Crippen molar-refractivity contribution < 1.29 is 5.11 Å². The molecule has 0 radical (unpaired) electrons. The number of nitrogens with one attached hydrogen (secondary N) is 1. The fourth-order valence-electron chi connectivity index (χ4n) is 3.01. The van der Waals surface area contributed by atoms with Crippen LogP contribution in [0, 0.1) is 5.92 Å². The van der Waals surface area contributed by atoms with E-state index in [4.69, 9.17) is 11.6 Å². The number of halogens is 2. The highest BCUT2D eigenvalue weighted by molar-refractivity contribution is 9.10. The first-order valence-corrected chi connectivity index (χ1v) is 8.71. The molecule has 3 atom stereocenters. The summed E-state index contributed by atoms with van der Waals surface area (Å²) in [4.78, 5) is 2.44. The van der Waals surface area contributed by atoms with Crippen molar-refractivity contribution in [2.24, 2.45) is 5.92 Å². The molecule has 5 heteroatoms. The molecular formula is C16H24BrClN2O. The van der Waals surface area contributed by atoms with Crippen LogP contribution in [0.5, 0.6) is 0 Å². The van der Waals surface area contributed by atoms with Gasteiger partial charge in [-0.05, 0) is 63.5 Å². The Labute approximate surface area is 140 Å². The third kappa shape index (κ3) is 4.67. The Balaban J connectivity index is 1.91. The van der Waals surface area contributed by atoms with Gasteiger partial charge >= 0.3 is 0 Å². The van der Waals surface area contributed by atoms with Crippen LogP contribution in [0.4, 0.5) is 0 Å². The van der Waals surface area contributed by atoms with Gasteiger partial charge in [0.1, 0.15) is 0 Å². The number of benzene rings is 1. The van der Waals surface area contributed by atoms with Crippen LogP contribution in [-0.2, 0) is 0 Å². The quantitative estimate of drug-likeness (QED) is 0.799. The largest absolute Gasteiger partial charge is 0.393 e. The number of aliphatic hydroxyl groups is 1. The highest BCUT2D eigenvalue weighted by atomic mass is 79.9. The molecular weight excluding hydrogens is 352 g/mol. The summed E-state index contributed by atoms with van der Waals surface area (Å²) in [7, 11) is 1.98. The van der Waals surface area contributed by atoms with E-state index in [2.05, 4.69) is 32.2 Å². The van der Waals surface area contributed by atoms with Crippen molar-refractivity contribution in [1.29, 1.82) is 0 Å². The molecule has 118 valence electrons. The molecule has 3 nitrogen and oxygen atoms in total. The maximum absolute atomic E-state index is 9.67. The van der Waals surface area contributed by atoms with E-state index in [0.29, 0.717) is 5.92 Å². The number of likely N-dealkylation sites (tertiary alicyclic amines) is 1. The summed E-state index contributed by atoms with van der Waals surface area (Å²) < 4.78 is 1.01. The maximum atomic E-state index is 9.67. The lowest BCUT2D eigenvalue weighted by Crippen LogP contribution is -2.28. The molecule has 1 saturated heterocycles. The molecule has 1 aliphatic rings. The number of aliphatic hydroxyl groups excluding tert-OH is 1. The van der Waals surface area contributed by atoms with Crippen LogP contribution in [0.1, 0.15) is 31.4 Å². The van der Waals surface area contributed by atoms with Crippen LogP contribution in [0.25, 0.3) is 0 Å². The van der Waals surface area contributed by atoms with Crippen LogP contribution in [0.3, 0.4) is 0 Å². The van der Waals surface area contributed by atoms with E-state index in [1.165, 1.54) is 0 Å². The average molecular weight is 376 g/mol. The minimum absolute atomic E-state index is 0.198. The van der Waals surface area contributed by atoms with Gasteiger partial charge in [0.25, 0.3) is 0 Å². The number of rotatable bonds is 6. The normalized spacial score (nSPS) is 22.4. The topological polar surface area (TPSA) is 35.5 Å². The second-order valence-corrected chi connectivity index (χ2v) is 7.21. The molecule has 0 saturated carbocycles. The lowest BCUT2D eigenvalue weighted by Gasteiger charge is -2.22. The molecule has 2 rings (SSSR count). The Bertz CT molecular complexity index is 470. The van der Waals surface area contributed by atoms with Crippen molar-refractivity contribution in [3.8, 4) is 0 Å². The Hall–Kier alpha value is -0.130. The predicted molar refractivity (Wildman–Crippen MR) is 91.8 cm³/mol. The first-order chi connectivity index (χ1) is 10.0. The zero-order valence-corrected chi connectivity index (χ0v) is 15.0. The summed E-state index contributed by atoms with van der Waals surface area (Å²) in [6.07, 6.45) is 1.92. The third-order valence-corrected chi connectivity index (χ3v) is 5.23. The van der Waals surface area contributed by atoms with E-state index in [1.54, 1.807) is 0 Å². The number of nitrogens with zero attached hydrogens (tertiary/aromatic N) is 1. The van der Waals surface area contributed by atoms with Crippen LogP contribution < -0.4 is 5.32 Å². The Morgan fingerprint density at radius 2 is 2.29 bits per heavy atom. The van der Waals surface area contributed by atoms with Crippen LogP contribution in [0.15, 0.2) is 22.7 Å². The van der Waals surface area contributed by atoms with Gasteiger partial charge in [0.05, 0.1) is 6.10 Å². The molecule has 3 unspecified atom stereocenters. The minimum atomic E-state index is -0.198. The van der Waals surface area contributed by atoms with E-state index >= 15 is 0 Å². The van der Waals surface area contributed by atoms with E-state index in [0.717, 1.165) is 47.5 Å². The second kappa shape index (κ2) is 7.93. The van der Waals surface area contributed by atoms with Gasteiger partial charge in [-0.25, -0.2) is 0 Å². The second-order valence-electron chi connectivity index (χ2n) is 5.89. The molecule has 0 spiro atoms. The van der Waals surface area contributed by atoms with Crippen molar-refractivity contribution in [3.05, 3.63) is 33.3 Å². The fraction of sp³-hybridized carbons (Fsp3) is 0.625. The first-order valence-electron chi connectivity index (χ1n) is 7.54. The third-order valence-electron chi connectivity index (χ3n) is 4.41. The molecule has 1 fully saturated rings. The molecule has 2 N–H and O–H groups in total. The zero-order chi connectivity index (χ0) is 15.4. The lowest BCUT2D eigenvalue weighted by atomic mass is 10.0. The van der Waals surface area contributed by atoms with Crippen molar-refractivity contribution in [2.75, 3.05) is 26.7 Å². The monoisotopic (exact) mass is 374 g/mol. The summed E-state index contributed by atoms with van der Waals surface area (Å²) in [5, 5.41) is 13.8. The van der Waals surface area contributed by atoms with Crippen molar-refractivity contribution in [1.82, 2.24) is 10.2 Å². The molecule has 1 aromatic rings. The molecule has 0 bridgehead atoms. The standard InChI is InChI=1S/C16H24BrClN2O/c1-11(21)12-5-7-20(10-12)8-6-16(19-2)14-4-3-13(17)9-15(14)18/h3-4,9,11-12,16,19,21H,5-8,10H2,1-2H3. The smallest absolute Gasteiger partial charge is 0.0552 e. The van der Waals surface area contributed by atoms with Gasteiger partial charge in [0.15, 0.2) is 0 Å². The van der Waals surface area contributed by atoms with Crippen LogP contribution >= 0.6 is 27.5 Å². The number of hydrogen-bond acceptors (Lipinski definition) is 3. The highest BCUT2D eigenvalue weighted by Gasteiger charge is 2.26. The van der Waals surface area contributed by atoms with Crippen LogP contribution in [0.2, 0.25) is 5.02 Å². The van der Waals surface area contributed by atoms with Gasteiger partial charge in [-0.2, -0.15) is 0 Å². The first kappa shape index (κ1) is 17.2. The molecule has 0 aliphatic carbocycles. The van der Waals surface area contributed by atoms with Crippen molar-refractivity contribution >= 4 is 27.5 Å². The fourth-order valence-corrected chi connectivity index (χ4v) is 3.82. The Morgan fingerprint density at radius 1 is 1.52 bits per heavy atom. The molecule has 1 aromatic carbocycles. The summed E-state index contributed by atoms with van der Waals surface area (Å²) in [5.74, 6) is 0.425. The van der Waals surface area contributed by atoms with E-state index in [-0.39, 0.29) is 12.1 Å². The van der Waals surface area contributed by atoms with Crippen molar-refractivity contribution in [2.45, 2.75) is 31.9 Å². The summed E-state index contributed by atoms with van der Waals surface area (Å²) >= 11 is 9.79. The molecule has 21 heavy (non-hydrogen) atoms. The predicted octanol–water partition coefficient (Wildman–Crippen LogP) is 3.46.